The predicted molar refractivity (Wildman–Crippen MR) is 34.7 cm³/mol. The number of hydrogen-bond donors (Lipinski definition) is 1. The molecule has 4 nitrogen and oxygen atoms in total. The third kappa shape index (κ3) is 2.43. The average Bonchev–Trinajstić information content (AvgIpc) is 1.90. The monoisotopic (exact) mass is 147 g/mol. The molecule has 1 rings (SSSR count). The minimum Gasteiger partial charge on any atom is -0.475 e. The number of carboxylic acids is 1. The van der Waals surface area contributed by atoms with Gasteiger partial charge in [-0.2, -0.15) is 0 Å². The van der Waals surface area contributed by atoms with E-state index in [9.17, 15) is 4.79 Å². The van der Waals surface area contributed by atoms with E-state index in [-0.39, 0.29) is 35.4 Å². The first-order valence-electron chi connectivity index (χ1n) is 2.31. The first kappa shape index (κ1) is 9.55. The molecule has 1 heterocycles. The Morgan fingerprint density at radius 1 is 1.40 bits per heavy atom. The molecule has 0 atom stereocenters. The second-order valence-corrected chi connectivity index (χ2v) is 1.38. The molecule has 0 fully saturated rings. The van der Waals surface area contributed by atoms with Crippen LogP contribution in [-0.4, -0.2) is 50.6 Å². The first-order valence-corrected chi connectivity index (χ1v) is 2.31. The molecule has 0 aliphatic rings. The van der Waals surface area contributed by atoms with Gasteiger partial charge in [-0.25, -0.2) is 14.8 Å². The molecular weight excluding hydrogens is 143 g/mol. The Morgan fingerprint density at radius 3 is 2.20 bits per heavy atom. The number of carboxylic acid groups (broad SMARTS) is 1. The minimum atomic E-state index is -1.10. The van der Waals surface area contributed by atoms with Gasteiger partial charge in [0, 0.05) is 42.0 Å². The summed E-state index contributed by atoms with van der Waals surface area (Å²) in [5.74, 6) is -1.27. The number of carbonyl (C=O) groups is 1. The Balaban J connectivity index is 0.000000810. The van der Waals surface area contributed by atoms with Gasteiger partial charge in [0.15, 0.2) is 0 Å². The van der Waals surface area contributed by atoms with Crippen LogP contribution in [0.1, 0.15) is 10.6 Å². The predicted octanol–water partition coefficient (Wildman–Crippen LogP) is -0.206. The van der Waals surface area contributed by atoms with Gasteiger partial charge in [0.05, 0.1) is 0 Å². The van der Waals surface area contributed by atoms with Crippen LogP contribution < -0.4 is 0 Å². The standard InChI is InChI=1S/C5H4N2O2.Na/c8-5(9)4-6-2-1-3-7-4;/h1-3H,(H,8,9);. The van der Waals surface area contributed by atoms with Crippen molar-refractivity contribution in [3.05, 3.63) is 24.3 Å². The van der Waals surface area contributed by atoms with Gasteiger partial charge < -0.3 is 5.11 Å². The maximum absolute atomic E-state index is 10.1. The van der Waals surface area contributed by atoms with E-state index in [4.69, 9.17) is 5.11 Å². The molecule has 1 radical (unpaired) electrons. The van der Waals surface area contributed by atoms with Crippen molar-refractivity contribution in [3.63, 3.8) is 0 Å². The smallest absolute Gasteiger partial charge is 0.373 e. The van der Waals surface area contributed by atoms with E-state index in [1.54, 1.807) is 6.07 Å². The molecule has 47 valence electrons. The molecule has 1 N–H and O–H groups in total. The fourth-order valence-electron chi connectivity index (χ4n) is 0.410. The first-order chi connectivity index (χ1) is 4.30. The molecule has 0 spiro atoms. The molecule has 0 bridgehead atoms. The minimum absolute atomic E-state index is 0. The van der Waals surface area contributed by atoms with E-state index in [1.165, 1.54) is 12.4 Å². The molecule has 10 heavy (non-hydrogen) atoms. The fraction of sp³-hybridized carbons (Fsp3) is 0. The van der Waals surface area contributed by atoms with E-state index in [0.29, 0.717) is 0 Å². The molecule has 5 heteroatoms. The van der Waals surface area contributed by atoms with Crippen molar-refractivity contribution in [2.24, 2.45) is 0 Å². The van der Waals surface area contributed by atoms with Gasteiger partial charge in [-0.15, -0.1) is 0 Å². The van der Waals surface area contributed by atoms with Crippen LogP contribution in [0, 0.1) is 0 Å². The van der Waals surface area contributed by atoms with Crippen LogP contribution >= 0.6 is 0 Å². The fourth-order valence-corrected chi connectivity index (χ4v) is 0.410. The van der Waals surface area contributed by atoms with Gasteiger partial charge in [0.25, 0.3) is 0 Å². The van der Waals surface area contributed by atoms with Gasteiger partial charge >= 0.3 is 5.97 Å². The summed E-state index contributed by atoms with van der Waals surface area (Å²) in [6.07, 6.45) is 2.77. The molecular formula is C5H4N2NaO2. The van der Waals surface area contributed by atoms with Crippen LogP contribution in [0.3, 0.4) is 0 Å². The molecule has 0 unspecified atom stereocenters. The Bertz CT molecular complexity index is 214. The zero-order valence-corrected chi connectivity index (χ0v) is 7.48. The van der Waals surface area contributed by atoms with Crippen LogP contribution in [0.5, 0.6) is 0 Å². The quantitative estimate of drug-likeness (QED) is 0.558. The van der Waals surface area contributed by atoms with E-state index in [1.807, 2.05) is 0 Å². The van der Waals surface area contributed by atoms with Crippen molar-refractivity contribution in [3.8, 4) is 0 Å². The topological polar surface area (TPSA) is 63.1 Å². The molecule has 0 aliphatic carbocycles. The second kappa shape index (κ2) is 4.38. The third-order valence-corrected chi connectivity index (χ3v) is 0.757. The zero-order chi connectivity index (χ0) is 6.69. The number of aromatic nitrogens is 2. The summed E-state index contributed by atoms with van der Waals surface area (Å²) in [7, 11) is 0. The van der Waals surface area contributed by atoms with Crippen molar-refractivity contribution in [2.75, 3.05) is 0 Å². The average molecular weight is 147 g/mol. The molecule has 0 aromatic carbocycles. The summed E-state index contributed by atoms with van der Waals surface area (Å²) < 4.78 is 0. The Labute approximate surface area is 79.6 Å². The molecule has 1 aromatic heterocycles. The summed E-state index contributed by atoms with van der Waals surface area (Å²) >= 11 is 0. The van der Waals surface area contributed by atoms with Crippen LogP contribution in [0.15, 0.2) is 18.5 Å². The largest absolute Gasteiger partial charge is 0.475 e. The Morgan fingerprint density at radius 2 is 1.90 bits per heavy atom. The van der Waals surface area contributed by atoms with Gasteiger partial charge in [0.2, 0.25) is 5.82 Å². The molecule has 0 amide bonds. The summed E-state index contributed by atoms with van der Waals surface area (Å²) in [6.45, 7) is 0. The molecule has 1 aromatic rings. The number of aromatic carboxylic acids is 1. The van der Waals surface area contributed by atoms with Crippen molar-refractivity contribution in [1.82, 2.24) is 9.97 Å². The van der Waals surface area contributed by atoms with Gasteiger partial charge in [-0.1, -0.05) is 0 Å². The number of rotatable bonds is 1. The van der Waals surface area contributed by atoms with E-state index in [2.05, 4.69) is 9.97 Å². The van der Waals surface area contributed by atoms with Gasteiger partial charge in [0.1, 0.15) is 0 Å². The zero-order valence-electron chi connectivity index (χ0n) is 5.48. The summed E-state index contributed by atoms with van der Waals surface area (Å²) in [6, 6.07) is 1.56. The second-order valence-electron chi connectivity index (χ2n) is 1.38. The van der Waals surface area contributed by atoms with Crippen LogP contribution in [-0.2, 0) is 0 Å². The van der Waals surface area contributed by atoms with Crippen LogP contribution in [0.4, 0.5) is 0 Å². The van der Waals surface area contributed by atoms with Crippen molar-refractivity contribution >= 4 is 35.5 Å². The van der Waals surface area contributed by atoms with Crippen molar-refractivity contribution in [1.29, 1.82) is 0 Å². The van der Waals surface area contributed by atoms with Gasteiger partial charge in [-0.05, 0) is 6.07 Å². The normalized spacial score (nSPS) is 8.00. The molecule has 0 aliphatic heterocycles. The van der Waals surface area contributed by atoms with E-state index >= 15 is 0 Å². The summed E-state index contributed by atoms with van der Waals surface area (Å²) in [4.78, 5) is 17.0. The van der Waals surface area contributed by atoms with Crippen LogP contribution in [0.2, 0.25) is 0 Å². The molecule has 0 saturated carbocycles. The van der Waals surface area contributed by atoms with E-state index < -0.39 is 5.97 Å². The number of nitrogens with zero attached hydrogens (tertiary/aromatic N) is 2. The Hall–Kier alpha value is -0.450. The maximum atomic E-state index is 10.1. The SMILES string of the molecule is O=C(O)c1ncccn1.[Na]. The third-order valence-electron chi connectivity index (χ3n) is 0.757. The maximum Gasteiger partial charge on any atom is 0.373 e. The van der Waals surface area contributed by atoms with Gasteiger partial charge in [-0.3, -0.25) is 0 Å². The van der Waals surface area contributed by atoms with Crippen molar-refractivity contribution < 1.29 is 9.90 Å². The van der Waals surface area contributed by atoms with E-state index in [0.717, 1.165) is 0 Å². The Kier molecular flexibility index (Phi) is 4.18. The summed E-state index contributed by atoms with van der Waals surface area (Å²) in [5, 5.41) is 8.26. The van der Waals surface area contributed by atoms with Crippen LogP contribution in [0.25, 0.3) is 0 Å². The number of hydrogen-bond acceptors (Lipinski definition) is 3. The summed E-state index contributed by atoms with van der Waals surface area (Å²) in [5.41, 5.74) is 0. The molecule has 0 saturated heterocycles. The van der Waals surface area contributed by atoms with Crippen molar-refractivity contribution in [2.45, 2.75) is 0 Å².